The fraction of sp³-hybridized carbons (Fsp3) is 0.742. The Kier molecular flexibility index (Phi) is 7.13. The van der Waals surface area contributed by atoms with Gasteiger partial charge in [0.1, 0.15) is 22.6 Å². The average molecular weight is 561 g/mol. The first-order chi connectivity index (χ1) is 18.1. The smallest absolute Gasteiger partial charge is 0.343 e. The van der Waals surface area contributed by atoms with Gasteiger partial charge in [0.25, 0.3) is 0 Å². The molecule has 0 aromatic carbocycles. The summed E-state index contributed by atoms with van der Waals surface area (Å²) in [6, 6.07) is 0. The van der Waals surface area contributed by atoms with Crippen LogP contribution in [0.5, 0.6) is 0 Å². The highest BCUT2D eigenvalue weighted by atomic mass is 17.2. The van der Waals surface area contributed by atoms with Crippen LogP contribution in [0.25, 0.3) is 0 Å². The van der Waals surface area contributed by atoms with Crippen molar-refractivity contribution in [2.75, 3.05) is 0 Å². The normalized spacial score (nSPS) is 40.6. The Bertz CT molecular complexity index is 1190. The van der Waals surface area contributed by atoms with Gasteiger partial charge in [-0.15, -0.1) is 0 Å². The molecule has 0 amide bonds. The second-order valence-electron chi connectivity index (χ2n) is 14.3. The molecule has 4 aliphatic rings. The quantitative estimate of drug-likeness (QED) is 0.223. The SMILES string of the molecule is CC(=O)OC(C)(C)/C=C/C(=O)C(C)(O)C1C(O)CC2(C)C3CC=C4C(CC(=O)OOC4(C)C)C3(C)C(=O)CC12C. The number of rotatable bonds is 5. The summed E-state index contributed by atoms with van der Waals surface area (Å²) in [7, 11) is 0. The minimum absolute atomic E-state index is 0.00585. The minimum Gasteiger partial charge on any atom is -0.456 e. The molecular weight excluding hydrogens is 516 g/mol. The van der Waals surface area contributed by atoms with E-state index in [2.05, 4.69) is 0 Å². The van der Waals surface area contributed by atoms with Crippen LogP contribution in [0.15, 0.2) is 23.8 Å². The zero-order chi connectivity index (χ0) is 30.3. The predicted molar refractivity (Wildman–Crippen MR) is 144 cm³/mol. The minimum atomic E-state index is -2.00. The van der Waals surface area contributed by atoms with Crippen molar-refractivity contribution in [1.82, 2.24) is 0 Å². The van der Waals surface area contributed by atoms with Crippen molar-refractivity contribution in [3.05, 3.63) is 23.8 Å². The van der Waals surface area contributed by atoms with Gasteiger partial charge in [0.2, 0.25) is 0 Å². The molecule has 1 aliphatic heterocycles. The number of aliphatic hydroxyl groups excluding tert-OH is 1. The lowest BCUT2D eigenvalue weighted by atomic mass is 9.39. The fourth-order valence-corrected chi connectivity index (χ4v) is 8.83. The molecule has 8 atom stereocenters. The Morgan fingerprint density at radius 2 is 1.73 bits per heavy atom. The summed E-state index contributed by atoms with van der Waals surface area (Å²) in [4.78, 5) is 62.3. The third-order valence-corrected chi connectivity index (χ3v) is 10.9. The molecule has 3 aliphatic carbocycles. The van der Waals surface area contributed by atoms with Gasteiger partial charge in [-0.3, -0.25) is 19.3 Å². The summed E-state index contributed by atoms with van der Waals surface area (Å²) in [5.74, 6) is -3.37. The van der Waals surface area contributed by atoms with Crippen LogP contribution in [0.4, 0.5) is 0 Å². The lowest BCUT2D eigenvalue weighted by Gasteiger charge is -2.63. The zero-order valence-electron chi connectivity index (χ0n) is 25.1. The molecular formula is C31H44O9. The number of hydrogen-bond donors (Lipinski definition) is 2. The number of carbonyl (C=O) groups excluding carboxylic acids is 4. The van der Waals surface area contributed by atoms with Gasteiger partial charge in [-0.1, -0.05) is 26.8 Å². The molecule has 0 spiro atoms. The maximum atomic E-state index is 14.3. The number of ketones is 2. The summed E-state index contributed by atoms with van der Waals surface area (Å²) in [6.07, 6.45) is 4.45. The predicted octanol–water partition coefficient (Wildman–Crippen LogP) is 3.80. The van der Waals surface area contributed by atoms with Crippen LogP contribution in [-0.2, 0) is 33.7 Å². The van der Waals surface area contributed by atoms with Crippen molar-refractivity contribution < 1.29 is 43.9 Å². The number of allylic oxidation sites excluding steroid dienone is 1. The molecule has 9 heteroatoms. The van der Waals surface area contributed by atoms with E-state index < -0.39 is 68.7 Å². The van der Waals surface area contributed by atoms with Gasteiger partial charge in [-0.25, -0.2) is 4.79 Å². The van der Waals surface area contributed by atoms with E-state index in [9.17, 15) is 29.4 Å². The van der Waals surface area contributed by atoms with Crippen LogP contribution in [-0.4, -0.2) is 56.6 Å². The molecule has 40 heavy (non-hydrogen) atoms. The first kappa shape index (κ1) is 30.6. The Morgan fingerprint density at radius 3 is 2.33 bits per heavy atom. The molecule has 2 saturated carbocycles. The molecule has 0 aromatic rings. The largest absolute Gasteiger partial charge is 0.456 e. The average Bonchev–Trinajstić information content (AvgIpc) is 2.92. The molecule has 1 saturated heterocycles. The molecule has 0 radical (unpaired) electrons. The van der Waals surface area contributed by atoms with E-state index in [0.29, 0.717) is 6.42 Å². The summed E-state index contributed by atoms with van der Waals surface area (Å²) in [6.45, 7) is 15.4. The molecule has 222 valence electrons. The number of carbonyl (C=O) groups is 4. The molecule has 9 nitrogen and oxygen atoms in total. The summed E-state index contributed by atoms with van der Waals surface area (Å²) in [5.41, 5.74) is -5.61. The number of esters is 1. The fourth-order valence-electron chi connectivity index (χ4n) is 8.83. The summed E-state index contributed by atoms with van der Waals surface area (Å²) >= 11 is 0. The van der Waals surface area contributed by atoms with Crippen molar-refractivity contribution >= 4 is 23.5 Å². The lowest BCUT2D eigenvalue weighted by molar-refractivity contribution is -0.311. The van der Waals surface area contributed by atoms with Crippen molar-refractivity contribution in [2.24, 2.45) is 34.0 Å². The van der Waals surface area contributed by atoms with Crippen molar-refractivity contribution in [3.63, 3.8) is 0 Å². The van der Waals surface area contributed by atoms with Gasteiger partial charge in [0.15, 0.2) is 5.78 Å². The zero-order valence-corrected chi connectivity index (χ0v) is 25.1. The standard InChI is InChI=1S/C31H44O9/c1-17(32)38-26(2,3)13-12-22(34)31(9,37)25-20(33)15-28(6)21-11-10-18-19(14-24(36)39-40-27(18,4)5)30(21,8)23(35)16-29(25,28)7/h10,12-13,19-21,25,33,37H,11,14-16H2,1-9H3/b13-12+. The molecule has 8 unspecified atom stereocenters. The Balaban J connectivity index is 1.75. The third-order valence-electron chi connectivity index (χ3n) is 10.9. The van der Waals surface area contributed by atoms with Crippen LogP contribution in [0.2, 0.25) is 0 Å². The molecule has 3 fully saturated rings. The number of Topliss-reactive ketones (excluding diaryl/α,β-unsaturated/α-hetero) is 1. The van der Waals surface area contributed by atoms with Gasteiger partial charge >= 0.3 is 11.9 Å². The van der Waals surface area contributed by atoms with Crippen LogP contribution < -0.4 is 0 Å². The molecule has 0 aromatic heterocycles. The van der Waals surface area contributed by atoms with Crippen molar-refractivity contribution in [2.45, 2.75) is 111 Å². The van der Waals surface area contributed by atoms with Crippen molar-refractivity contribution in [3.8, 4) is 0 Å². The number of fused-ring (bicyclic) bond motifs is 5. The van der Waals surface area contributed by atoms with E-state index in [1.54, 1.807) is 13.8 Å². The molecule has 4 rings (SSSR count). The van der Waals surface area contributed by atoms with Gasteiger partial charge in [0.05, 0.1) is 12.5 Å². The lowest BCUT2D eigenvalue weighted by Crippen LogP contribution is -2.64. The van der Waals surface area contributed by atoms with E-state index in [1.807, 2.05) is 40.7 Å². The van der Waals surface area contributed by atoms with Gasteiger partial charge in [-0.05, 0) is 81.9 Å². The topological polar surface area (TPSA) is 136 Å². The summed E-state index contributed by atoms with van der Waals surface area (Å²) in [5, 5.41) is 23.3. The Labute approximate surface area is 236 Å². The van der Waals surface area contributed by atoms with Crippen LogP contribution in [0.3, 0.4) is 0 Å². The van der Waals surface area contributed by atoms with E-state index in [0.717, 1.165) is 5.57 Å². The number of ether oxygens (including phenoxy) is 1. The number of aliphatic hydroxyl groups is 2. The highest BCUT2D eigenvalue weighted by molar-refractivity contribution is 5.97. The highest BCUT2D eigenvalue weighted by Gasteiger charge is 2.74. The first-order valence-electron chi connectivity index (χ1n) is 14.1. The van der Waals surface area contributed by atoms with E-state index in [-0.39, 0.29) is 31.0 Å². The second kappa shape index (κ2) is 9.33. The van der Waals surface area contributed by atoms with Crippen LogP contribution >= 0.6 is 0 Å². The van der Waals surface area contributed by atoms with Crippen molar-refractivity contribution in [1.29, 1.82) is 0 Å². The number of hydrogen-bond acceptors (Lipinski definition) is 9. The van der Waals surface area contributed by atoms with Crippen LogP contribution in [0.1, 0.15) is 88.0 Å². The van der Waals surface area contributed by atoms with E-state index in [4.69, 9.17) is 14.5 Å². The maximum absolute atomic E-state index is 14.3. The maximum Gasteiger partial charge on any atom is 0.343 e. The Morgan fingerprint density at radius 1 is 1.10 bits per heavy atom. The summed E-state index contributed by atoms with van der Waals surface area (Å²) < 4.78 is 5.23. The molecule has 2 N–H and O–H groups in total. The monoisotopic (exact) mass is 560 g/mol. The first-order valence-corrected chi connectivity index (χ1v) is 14.1. The Hall–Kier alpha value is -2.36. The van der Waals surface area contributed by atoms with Gasteiger partial charge in [-0.2, -0.15) is 4.89 Å². The van der Waals surface area contributed by atoms with Gasteiger partial charge < -0.3 is 14.9 Å². The second-order valence-corrected chi connectivity index (χ2v) is 14.3. The molecule has 0 bridgehead atoms. The third kappa shape index (κ3) is 4.40. The van der Waals surface area contributed by atoms with E-state index in [1.165, 1.54) is 26.0 Å². The van der Waals surface area contributed by atoms with Crippen LogP contribution in [0, 0.1) is 34.0 Å². The van der Waals surface area contributed by atoms with E-state index >= 15 is 0 Å². The highest BCUT2D eigenvalue weighted by Crippen LogP contribution is 2.73. The molecule has 1 heterocycles. The van der Waals surface area contributed by atoms with Gasteiger partial charge in [0, 0.05) is 30.6 Å².